The molecule has 0 aliphatic carbocycles. The summed E-state index contributed by atoms with van der Waals surface area (Å²) in [6.45, 7) is 8.49. The molecule has 0 atom stereocenters. The van der Waals surface area contributed by atoms with Crippen molar-refractivity contribution in [2.45, 2.75) is 104 Å². The van der Waals surface area contributed by atoms with Gasteiger partial charge in [0.15, 0.2) is 0 Å². The minimum absolute atomic E-state index is 0.155. The van der Waals surface area contributed by atoms with E-state index in [0.717, 1.165) is 65.0 Å². The van der Waals surface area contributed by atoms with Crippen molar-refractivity contribution in [1.82, 2.24) is 0 Å². The number of esters is 2. The third-order valence-electron chi connectivity index (χ3n) is 5.04. The highest BCUT2D eigenvalue weighted by Crippen LogP contribution is 2.23. The fourth-order valence-electron chi connectivity index (χ4n) is 2.96. The van der Waals surface area contributed by atoms with E-state index in [-0.39, 0.29) is 11.9 Å². The van der Waals surface area contributed by atoms with Crippen LogP contribution in [0.25, 0.3) is 0 Å². The monoisotopic (exact) mass is 522 g/mol. The molecule has 0 unspecified atom stereocenters. The number of ether oxygens (including phenoxy) is 4. The Morgan fingerprint density at radius 2 is 0.853 bits per heavy atom. The van der Waals surface area contributed by atoms with Gasteiger partial charge in [-0.05, 0) is 38.5 Å². The van der Waals surface area contributed by atoms with Crippen LogP contribution in [0.15, 0.2) is 0 Å². The Bertz CT molecular complexity index is 411. The number of carbonyl (C=O) groups excluding carboxylic acids is 2. The van der Waals surface area contributed by atoms with E-state index in [2.05, 4.69) is 13.8 Å². The maximum Gasteiger partial charge on any atom is 0.306 e. The minimum Gasteiger partial charge on any atom is -0.466 e. The van der Waals surface area contributed by atoms with E-state index in [1.807, 2.05) is 0 Å². The molecule has 0 fully saturated rings. The SMILES string of the molecule is CCCCCCOCCCCOC(=O)CCSSCCC(=O)OCCCCOCCCCCC. The summed E-state index contributed by atoms with van der Waals surface area (Å²) in [4.78, 5) is 23.5. The van der Waals surface area contributed by atoms with E-state index in [1.165, 1.54) is 38.5 Å². The van der Waals surface area contributed by atoms with E-state index < -0.39 is 0 Å². The molecule has 6 nitrogen and oxygen atoms in total. The molecule has 0 heterocycles. The van der Waals surface area contributed by atoms with Crippen LogP contribution < -0.4 is 0 Å². The lowest BCUT2D eigenvalue weighted by atomic mass is 10.2. The van der Waals surface area contributed by atoms with Crippen molar-refractivity contribution in [3.8, 4) is 0 Å². The maximum absolute atomic E-state index is 11.7. The summed E-state index contributed by atoms with van der Waals surface area (Å²) < 4.78 is 21.6. The predicted octanol–water partition coefficient (Wildman–Crippen LogP) is 6.99. The molecule has 0 radical (unpaired) electrons. The third kappa shape index (κ3) is 27.8. The molecule has 202 valence electrons. The number of carbonyl (C=O) groups is 2. The average Bonchev–Trinajstić information content (AvgIpc) is 2.83. The Balaban J connectivity index is 3.27. The molecule has 0 amide bonds. The van der Waals surface area contributed by atoms with Crippen LogP contribution in [0.2, 0.25) is 0 Å². The van der Waals surface area contributed by atoms with E-state index in [0.29, 0.717) is 37.6 Å². The highest BCUT2D eigenvalue weighted by Gasteiger charge is 2.05. The van der Waals surface area contributed by atoms with Crippen molar-refractivity contribution in [3.63, 3.8) is 0 Å². The molecule has 34 heavy (non-hydrogen) atoms. The van der Waals surface area contributed by atoms with Crippen molar-refractivity contribution >= 4 is 33.5 Å². The summed E-state index contributed by atoms with van der Waals surface area (Å²) >= 11 is 0. The lowest BCUT2D eigenvalue weighted by Crippen LogP contribution is -2.08. The average molecular weight is 523 g/mol. The molecule has 0 rings (SSSR count). The van der Waals surface area contributed by atoms with Crippen molar-refractivity contribution in [3.05, 3.63) is 0 Å². The maximum atomic E-state index is 11.7. The van der Waals surface area contributed by atoms with Crippen molar-refractivity contribution in [2.75, 3.05) is 51.1 Å². The zero-order chi connectivity index (χ0) is 25.0. The second-order valence-corrected chi connectivity index (χ2v) is 11.0. The molecule has 0 saturated carbocycles. The fourth-order valence-corrected chi connectivity index (χ4v) is 4.91. The molecule has 8 heteroatoms. The van der Waals surface area contributed by atoms with Gasteiger partial charge in [-0.3, -0.25) is 9.59 Å². The Kier molecular flexibility index (Phi) is 28.4. The first-order valence-electron chi connectivity index (χ1n) is 13.4. The Hall–Kier alpha value is -0.440. The zero-order valence-electron chi connectivity index (χ0n) is 21.8. The van der Waals surface area contributed by atoms with Gasteiger partial charge < -0.3 is 18.9 Å². The van der Waals surface area contributed by atoms with Gasteiger partial charge in [0, 0.05) is 37.9 Å². The zero-order valence-corrected chi connectivity index (χ0v) is 23.5. The largest absolute Gasteiger partial charge is 0.466 e. The summed E-state index contributed by atoms with van der Waals surface area (Å²) in [7, 11) is 3.20. The molecule has 0 bridgehead atoms. The summed E-state index contributed by atoms with van der Waals surface area (Å²) in [6.07, 6.45) is 14.1. The second-order valence-electron chi connectivity index (χ2n) is 8.35. The van der Waals surface area contributed by atoms with Crippen LogP contribution in [0.4, 0.5) is 0 Å². The normalized spacial score (nSPS) is 11.0. The first-order chi connectivity index (χ1) is 16.7. The number of hydrogen-bond donors (Lipinski definition) is 0. The van der Waals surface area contributed by atoms with Gasteiger partial charge in [-0.2, -0.15) is 0 Å². The van der Waals surface area contributed by atoms with E-state index >= 15 is 0 Å². The van der Waals surface area contributed by atoms with Crippen LogP contribution in [0.5, 0.6) is 0 Å². The van der Waals surface area contributed by atoms with Crippen LogP contribution in [0, 0.1) is 0 Å². The summed E-state index contributed by atoms with van der Waals surface area (Å²) in [5.74, 6) is 1.08. The van der Waals surface area contributed by atoms with Crippen molar-refractivity contribution in [2.24, 2.45) is 0 Å². The summed E-state index contributed by atoms with van der Waals surface area (Å²) in [5.41, 5.74) is 0. The minimum atomic E-state index is -0.155. The van der Waals surface area contributed by atoms with Gasteiger partial charge in [0.2, 0.25) is 0 Å². The van der Waals surface area contributed by atoms with Gasteiger partial charge in [0.1, 0.15) is 0 Å². The van der Waals surface area contributed by atoms with Gasteiger partial charge in [-0.1, -0.05) is 74.0 Å². The van der Waals surface area contributed by atoms with Gasteiger partial charge >= 0.3 is 11.9 Å². The van der Waals surface area contributed by atoms with Gasteiger partial charge in [0.05, 0.1) is 26.1 Å². The molecular weight excluding hydrogens is 472 g/mol. The molecule has 0 aliphatic heterocycles. The lowest BCUT2D eigenvalue weighted by Gasteiger charge is -2.06. The highest BCUT2D eigenvalue weighted by atomic mass is 33.1. The first kappa shape index (κ1) is 33.6. The number of hydrogen-bond acceptors (Lipinski definition) is 8. The first-order valence-corrected chi connectivity index (χ1v) is 15.9. The second kappa shape index (κ2) is 28.8. The molecule has 0 aromatic heterocycles. The standard InChI is InChI=1S/C26H50O6S2/c1-3-5-7-9-17-29-19-11-13-21-31-25(27)15-23-33-34-24-16-26(28)32-22-14-12-20-30-18-10-8-6-4-2/h3-24H2,1-2H3. The Labute approximate surface area is 216 Å². The fraction of sp³-hybridized carbons (Fsp3) is 0.923. The predicted molar refractivity (Wildman–Crippen MR) is 144 cm³/mol. The molecule has 0 saturated heterocycles. The summed E-state index contributed by atoms with van der Waals surface area (Å²) in [6, 6.07) is 0. The molecule has 0 N–H and O–H groups in total. The highest BCUT2D eigenvalue weighted by molar-refractivity contribution is 8.76. The molecule has 0 spiro atoms. The number of unbranched alkanes of at least 4 members (excludes halogenated alkanes) is 8. The molecular formula is C26H50O6S2. The van der Waals surface area contributed by atoms with Crippen LogP contribution in [0.1, 0.15) is 104 Å². The van der Waals surface area contributed by atoms with Gasteiger partial charge in [0.25, 0.3) is 0 Å². The van der Waals surface area contributed by atoms with Crippen molar-refractivity contribution in [1.29, 1.82) is 0 Å². The Morgan fingerprint density at radius 1 is 0.500 bits per heavy atom. The quantitative estimate of drug-likeness (QED) is 0.0649. The smallest absolute Gasteiger partial charge is 0.306 e. The van der Waals surface area contributed by atoms with E-state index in [1.54, 1.807) is 21.6 Å². The number of rotatable bonds is 27. The lowest BCUT2D eigenvalue weighted by molar-refractivity contribution is -0.144. The van der Waals surface area contributed by atoms with Crippen molar-refractivity contribution < 1.29 is 28.5 Å². The van der Waals surface area contributed by atoms with Gasteiger partial charge in [-0.15, -0.1) is 0 Å². The van der Waals surface area contributed by atoms with Crippen LogP contribution in [0.3, 0.4) is 0 Å². The molecule has 0 aromatic rings. The Morgan fingerprint density at radius 3 is 1.24 bits per heavy atom. The molecule has 0 aromatic carbocycles. The summed E-state index contributed by atoms with van der Waals surface area (Å²) in [5, 5.41) is 0. The van der Waals surface area contributed by atoms with Crippen LogP contribution in [-0.4, -0.2) is 63.1 Å². The van der Waals surface area contributed by atoms with E-state index in [9.17, 15) is 9.59 Å². The third-order valence-corrected chi connectivity index (χ3v) is 7.45. The topological polar surface area (TPSA) is 71.1 Å². The van der Waals surface area contributed by atoms with Crippen LogP contribution >= 0.6 is 21.6 Å². The van der Waals surface area contributed by atoms with Crippen LogP contribution in [-0.2, 0) is 28.5 Å². The molecule has 0 aliphatic rings. The van der Waals surface area contributed by atoms with E-state index in [4.69, 9.17) is 18.9 Å². The van der Waals surface area contributed by atoms with Gasteiger partial charge in [-0.25, -0.2) is 0 Å².